The largest absolute Gasteiger partial charge is 0.481 e. The van der Waals surface area contributed by atoms with E-state index in [0.717, 1.165) is 31.2 Å². The standard InChI is InChI=1S/C19H25NO4/c1-2-19(10-6-9-14-15(16(14)19)17(21)22)12-20-18(23)24-11-13-7-4-3-5-8-13/h3-5,7-8,14-16H,2,6,9-12H2,1H3,(H,20,23)(H,21,22). The van der Waals surface area contributed by atoms with Crippen LogP contribution in [0.4, 0.5) is 4.79 Å². The molecule has 3 rings (SSSR count). The highest BCUT2D eigenvalue weighted by molar-refractivity contribution is 5.75. The Kier molecular flexibility index (Phi) is 4.78. The molecule has 4 unspecified atom stereocenters. The molecule has 2 aliphatic rings. The lowest BCUT2D eigenvalue weighted by molar-refractivity contribution is -0.139. The summed E-state index contributed by atoms with van der Waals surface area (Å²) in [4.78, 5) is 23.4. The monoisotopic (exact) mass is 331 g/mol. The maximum absolute atomic E-state index is 12.0. The number of benzene rings is 1. The highest BCUT2D eigenvalue weighted by atomic mass is 16.5. The smallest absolute Gasteiger partial charge is 0.407 e. The van der Waals surface area contributed by atoms with E-state index in [9.17, 15) is 14.7 Å². The van der Waals surface area contributed by atoms with Crippen LogP contribution in [0.2, 0.25) is 0 Å². The normalized spacial score (nSPS) is 31.0. The van der Waals surface area contributed by atoms with Crippen molar-refractivity contribution in [2.24, 2.45) is 23.2 Å². The Morgan fingerprint density at radius 1 is 1.33 bits per heavy atom. The highest BCUT2D eigenvalue weighted by Crippen LogP contribution is 2.64. The van der Waals surface area contributed by atoms with Gasteiger partial charge in [-0.2, -0.15) is 0 Å². The van der Waals surface area contributed by atoms with E-state index in [1.54, 1.807) is 0 Å². The summed E-state index contributed by atoms with van der Waals surface area (Å²) in [6.07, 6.45) is 3.48. The maximum Gasteiger partial charge on any atom is 0.407 e. The average Bonchev–Trinajstić information content (AvgIpc) is 3.35. The molecule has 2 saturated carbocycles. The Labute approximate surface area is 142 Å². The predicted molar refractivity (Wildman–Crippen MR) is 89.3 cm³/mol. The highest BCUT2D eigenvalue weighted by Gasteiger charge is 2.64. The molecule has 5 nitrogen and oxygen atoms in total. The van der Waals surface area contributed by atoms with Crippen LogP contribution in [0.5, 0.6) is 0 Å². The molecule has 2 aliphatic carbocycles. The number of amides is 1. The average molecular weight is 331 g/mol. The Bertz CT molecular complexity index is 603. The molecule has 24 heavy (non-hydrogen) atoms. The van der Waals surface area contributed by atoms with Gasteiger partial charge in [0.15, 0.2) is 0 Å². The van der Waals surface area contributed by atoms with Crippen LogP contribution in [0.15, 0.2) is 30.3 Å². The fourth-order valence-corrected chi connectivity index (χ4v) is 4.53. The fraction of sp³-hybridized carbons (Fsp3) is 0.579. The van der Waals surface area contributed by atoms with E-state index in [2.05, 4.69) is 12.2 Å². The van der Waals surface area contributed by atoms with E-state index < -0.39 is 12.1 Å². The third-order valence-electron chi connectivity index (χ3n) is 5.87. The summed E-state index contributed by atoms with van der Waals surface area (Å²) >= 11 is 0. The topological polar surface area (TPSA) is 75.6 Å². The molecule has 0 aromatic heterocycles. The van der Waals surface area contributed by atoms with Crippen LogP contribution < -0.4 is 5.32 Å². The van der Waals surface area contributed by atoms with Crippen molar-refractivity contribution in [2.45, 2.75) is 39.2 Å². The van der Waals surface area contributed by atoms with Gasteiger partial charge in [-0.25, -0.2) is 4.79 Å². The lowest BCUT2D eigenvalue weighted by atomic mass is 9.71. The van der Waals surface area contributed by atoms with Crippen molar-refractivity contribution in [3.05, 3.63) is 35.9 Å². The molecule has 0 radical (unpaired) electrons. The molecule has 1 amide bonds. The summed E-state index contributed by atoms with van der Waals surface area (Å²) < 4.78 is 5.27. The molecule has 0 saturated heterocycles. The van der Waals surface area contributed by atoms with Crippen molar-refractivity contribution in [2.75, 3.05) is 6.54 Å². The van der Waals surface area contributed by atoms with Gasteiger partial charge < -0.3 is 15.2 Å². The zero-order valence-electron chi connectivity index (χ0n) is 14.0. The Morgan fingerprint density at radius 3 is 2.75 bits per heavy atom. The molecule has 2 N–H and O–H groups in total. The first kappa shape index (κ1) is 16.8. The minimum absolute atomic E-state index is 0.0995. The van der Waals surface area contributed by atoms with Crippen molar-refractivity contribution in [3.8, 4) is 0 Å². The molecule has 0 heterocycles. The number of carbonyl (C=O) groups excluding carboxylic acids is 1. The Balaban J connectivity index is 1.54. The van der Waals surface area contributed by atoms with Gasteiger partial charge in [-0.15, -0.1) is 0 Å². The number of aliphatic carboxylic acids is 1. The first-order valence-corrected chi connectivity index (χ1v) is 8.75. The number of hydrogen-bond acceptors (Lipinski definition) is 3. The van der Waals surface area contributed by atoms with Gasteiger partial charge in [0.05, 0.1) is 5.92 Å². The molecule has 0 bridgehead atoms. The van der Waals surface area contributed by atoms with Gasteiger partial charge >= 0.3 is 12.1 Å². The van der Waals surface area contributed by atoms with Gasteiger partial charge in [-0.05, 0) is 42.1 Å². The summed E-state index contributed by atoms with van der Waals surface area (Å²) in [5.41, 5.74) is 0.848. The number of ether oxygens (including phenoxy) is 1. The molecule has 5 heteroatoms. The SMILES string of the molecule is CCC1(CNC(=O)OCc2ccccc2)CCCC2C(C(=O)O)C21. The van der Waals surface area contributed by atoms with E-state index in [1.165, 1.54) is 0 Å². The number of carbonyl (C=O) groups is 2. The van der Waals surface area contributed by atoms with Crippen LogP contribution in [-0.4, -0.2) is 23.7 Å². The summed E-state index contributed by atoms with van der Waals surface area (Å²) in [6, 6.07) is 9.55. The van der Waals surface area contributed by atoms with Gasteiger partial charge in [-0.3, -0.25) is 4.79 Å². The second-order valence-electron chi connectivity index (χ2n) is 7.08. The van der Waals surface area contributed by atoms with Crippen molar-refractivity contribution >= 4 is 12.1 Å². The Morgan fingerprint density at radius 2 is 2.08 bits per heavy atom. The number of fused-ring (bicyclic) bond motifs is 1. The minimum Gasteiger partial charge on any atom is -0.481 e. The van der Waals surface area contributed by atoms with Gasteiger partial charge in [0.1, 0.15) is 6.61 Å². The molecule has 1 aromatic rings. The third-order valence-corrected chi connectivity index (χ3v) is 5.87. The zero-order valence-corrected chi connectivity index (χ0v) is 14.0. The van der Waals surface area contributed by atoms with E-state index in [0.29, 0.717) is 12.5 Å². The quantitative estimate of drug-likeness (QED) is 0.837. The van der Waals surface area contributed by atoms with E-state index in [-0.39, 0.29) is 23.9 Å². The summed E-state index contributed by atoms with van der Waals surface area (Å²) in [7, 11) is 0. The number of carboxylic acid groups (broad SMARTS) is 1. The fourth-order valence-electron chi connectivity index (χ4n) is 4.53. The molecule has 1 aromatic carbocycles. The van der Waals surface area contributed by atoms with Crippen molar-refractivity contribution in [3.63, 3.8) is 0 Å². The zero-order chi connectivity index (χ0) is 17.2. The second kappa shape index (κ2) is 6.83. The van der Waals surface area contributed by atoms with Gasteiger partial charge in [0, 0.05) is 6.54 Å². The molecule has 2 fully saturated rings. The van der Waals surface area contributed by atoms with Crippen LogP contribution in [0.1, 0.15) is 38.2 Å². The van der Waals surface area contributed by atoms with Crippen LogP contribution in [0.25, 0.3) is 0 Å². The molecular formula is C19H25NO4. The molecule has 0 aliphatic heterocycles. The number of rotatable bonds is 6. The third kappa shape index (κ3) is 3.25. The summed E-state index contributed by atoms with van der Waals surface area (Å²) in [6.45, 7) is 2.84. The Hall–Kier alpha value is -2.04. The predicted octanol–water partition coefficient (Wildman–Crippen LogP) is 3.44. The maximum atomic E-state index is 12.0. The van der Waals surface area contributed by atoms with Gasteiger partial charge in [0.2, 0.25) is 0 Å². The van der Waals surface area contributed by atoms with Gasteiger partial charge in [-0.1, -0.05) is 43.7 Å². The first-order valence-electron chi connectivity index (χ1n) is 8.75. The molecule has 130 valence electrons. The number of hydrogen-bond donors (Lipinski definition) is 2. The van der Waals surface area contributed by atoms with Crippen LogP contribution in [-0.2, 0) is 16.1 Å². The summed E-state index contributed by atoms with van der Waals surface area (Å²) in [5, 5.41) is 12.3. The molecule has 0 spiro atoms. The van der Waals surface area contributed by atoms with Crippen molar-refractivity contribution in [1.82, 2.24) is 5.32 Å². The summed E-state index contributed by atoms with van der Waals surface area (Å²) in [5.74, 6) is -0.424. The lowest BCUT2D eigenvalue weighted by Gasteiger charge is -2.36. The molecular weight excluding hydrogens is 306 g/mol. The van der Waals surface area contributed by atoms with Crippen LogP contribution in [0.3, 0.4) is 0 Å². The minimum atomic E-state index is -0.684. The number of alkyl carbamates (subject to hydrolysis) is 1. The van der Waals surface area contributed by atoms with Crippen molar-refractivity contribution < 1.29 is 19.4 Å². The van der Waals surface area contributed by atoms with Crippen LogP contribution >= 0.6 is 0 Å². The molecule has 4 atom stereocenters. The van der Waals surface area contributed by atoms with Crippen LogP contribution in [0, 0.1) is 23.2 Å². The van der Waals surface area contributed by atoms with E-state index in [1.807, 2.05) is 30.3 Å². The van der Waals surface area contributed by atoms with E-state index >= 15 is 0 Å². The first-order chi connectivity index (χ1) is 11.6. The number of nitrogens with one attached hydrogen (secondary N) is 1. The second-order valence-corrected chi connectivity index (χ2v) is 7.08. The van der Waals surface area contributed by atoms with E-state index in [4.69, 9.17) is 4.74 Å². The van der Waals surface area contributed by atoms with Crippen molar-refractivity contribution in [1.29, 1.82) is 0 Å². The lowest BCUT2D eigenvalue weighted by Crippen LogP contribution is -2.41. The number of carboxylic acids is 1. The van der Waals surface area contributed by atoms with Gasteiger partial charge in [0.25, 0.3) is 0 Å².